The maximum absolute atomic E-state index is 0. The smallest absolute Gasteiger partial charge is 0.870 e. The number of hydrogen-bond acceptors (Lipinski definition) is 3. The first-order valence-electron chi connectivity index (χ1n) is 0. The zero-order valence-corrected chi connectivity index (χ0v) is 5.78. The fraction of sp³-hybridized carbons (Fsp3) is 0. The van der Waals surface area contributed by atoms with E-state index in [0.717, 1.165) is 0 Å². The maximum Gasteiger partial charge on any atom is 2.00 e. The minimum absolute atomic E-state index is 0. The van der Waals surface area contributed by atoms with E-state index in [1.54, 1.807) is 0 Å². The molecule has 0 saturated heterocycles. The van der Waals surface area contributed by atoms with E-state index in [4.69, 9.17) is 0 Å². The van der Waals surface area contributed by atoms with Crippen LogP contribution in [0.1, 0.15) is 0 Å². The summed E-state index contributed by atoms with van der Waals surface area (Å²) in [4.78, 5) is 0. The van der Waals surface area contributed by atoms with Crippen LogP contribution < -0.4 is 6.15 Å². The molecule has 0 amide bonds. The second-order valence-electron chi connectivity index (χ2n) is 0. The molecule has 0 radical (unpaired) electrons. The summed E-state index contributed by atoms with van der Waals surface area (Å²) in [7, 11) is 0. The Morgan fingerprint density at radius 2 is 0.800 bits per heavy atom. The summed E-state index contributed by atoms with van der Waals surface area (Å²) in [6, 6.07) is 0. The molecule has 0 bridgehead atoms. The first-order chi connectivity index (χ1) is 0. The minimum atomic E-state index is 0. The SMILES string of the molecule is N.O.[OH-].[OH-].[Zn+2]. The average Bonchev–Trinajstić information content (AvgIpc) is 0. The third-order valence-electron chi connectivity index (χ3n) is 0. The molecule has 5 heavy (non-hydrogen) atoms. The first kappa shape index (κ1) is 507. The number of rotatable bonds is 0. The van der Waals surface area contributed by atoms with Crippen LogP contribution in [0.2, 0.25) is 0 Å². The van der Waals surface area contributed by atoms with E-state index in [0.29, 0.717) is 0 Å². The van der Waals surface area contributed by atoms with E-state index < -0.39 is 0 Å². The molecule has 0 aliphatic rings. The van der Waals surface area contributed by atoms with Crippen molar-refractivity contribution in [1.29, 1.82) is 0 Å². The van der Waals surface area contributed by atoms with Crippen LogP contribution in [-0.2, 0) is 19.5 Å². The molecule has 0 aliphatic carbocycles. The van der Waals surface area contributed by atoms with Crippen LogP contribution in [0.15, 0.2) is 0 Å². The molecule has 0 atom stereocenters. The maximum atomic E-state index is 0. The van der Waals surface area contributed by atoms with Gasteiger partial charge in [-0.3, -0.25) is 0 Å². The topological polar surface area (TPSA) is 126 Å². The molecule has 0 aromatic rings. The molecule has 7 N–H and O–H groups in total. The molecule has 0 unspecified atom stereocenters. The zero-order chi connectivity index (χ0) is 0. The Labute approximate surface area is 42.8 Å². The molecule has 4 nitrogen and oxygen atoms in total. The molecule has 0 spiro atoms. The summed E-state index contributed by atoms with van der Waals surface area (Å²) in [5, 5.41) is 0. The zero-order valence-electron chi connectivity index (χ0n) is 2.81. The summed E-state index contributed by atoms with van der Waals surface area (Å²) < 4.78 is 0. The van der Waals surface area contributed by atoms with Gasteiger partial charge in [-0.1, -0.05) is 0 Å². The second-order valence-corrected chi connectivity index (χ2v) is 0. The predicted octanol–water partition coefficient (Wildman–Crippen LogP) is -1.02. The van der Waals surface area contributed by atoms with Crippen molar-refractivity contribution in [3.63, 3.8) is 0 Å². The molecule has 0 aliphatic heterocycles. The number of hydrogen-bond donors (Lipinski definition) is 1. The van der Waals surface area contributed by atoms with Gasteiger partial charge in [-0.2, -0.15) is 0 Å². The predicted molar refractivity (Wildman–Crippen MR) is 12.5 cm³/mol. The molecule has 0 fully saturated rings. The fourth-order valence-corrected chi connectivity index (χ4v) is 0. The Balaban J connectivity index is 0. The average molecular weight is 134 g/mol. The van der Waals surface area contributed by atoms with Gasteiger partial charge in [0.1, 0.15) is 0 Å². The van der Waals surface area contributed by atoms with Gasteiger partial charge in [0.05, 0.1) is 0 Å². The molecule has 0 aromatic heterocycles. The summed E-state index contributed by atoms with van der Waals surface area (Å²) in [5.41, 5.74) is 0. The van der Waals surface area contributed by atoms with Gasteiger partial charge in [-0.25, -0.2) is 0 Å². The normalized spacial score (nSPS) is 0. The molecule has 5 heteroatoms. The van der Waals surface area contributed by atoms with Crippen molar-refractivity contribution in [3.8, 4) is 0 Å². The van der Waals surface area contributed by atoms with Gasteiger partial charge in [-0.05, 0) is 0 Å². The van der Waals surface area contributed by atoms with Crippen LogP contribution in [0.5, 0.6) is 0 Å². The van der Waals surface area contributed by atoms with E-state index in [9.17, 15) is 0 Å². The van der Waals surface area contributed by atoms with E-state index in [1.807, 2.05) is 0 Å². The van der Waals surface area contributed by atoms with Gasteiger partial charge in [0.25, 0.3) is 0 Å². The van der Waals surface area contributed by atoms with Crippen LogP contribution in [0.4, 0.5) is 0 Å². The van der Waals surface area contributed by atoms with Gasteiger partial charge in [0, 0.05) is 0 Å². The van der Waals surface area contributed by atoms with Crippen LogP contribution >= 0.6 is 0 Å². The van der Waals surface area contributed by atoms with Gasteiger partial charge in [-0.15, -0.1) is 0 Å². The summed E-state index contributed by atoms with van der Waals surface area (Å²) >= 11 is 0. The molecular weight excluding hydrogens is 127 g/mol. The van der Waals surface area contributed by atoms with E-state index in [-0.39, 0.29) is 42.1 Å². The molecular formula is H7NO3Zn. The molecule has 0 aromatic carbocycles. The summed E-state index contributed by atoms with van der Waals surface area (Å²) in [6.07, 6.45) is 0. The van der Waals surface area contributed by atoms with Crippen LogP contribution in [0.3, 0.4) is 0 Å². The van der Waals surface area contributed by atoms with Gasteiger partial charge in [0.2, 0.25) is 0 Å². The van der Waals surface area contributed by atoms with E-state index >= 15 is 0 Å². The fourth-order valence-electron chi connectivity index (χ4n) is 0. The molecule has 0 heterocycles. The standard InChI is InChI=1S/H3N.3H2O.Zn/h1H3;3*1H2;/q;;;;+2/p-2. The van der Waals surface area contributed by atoms with Crippen LogP contribution in [0, 0.1) is 0 Å². The Morgan fingerprint density at radius 3 is 0.800 bits per heavy atom. The largest absolute Gasteiger partial charge is 2.00 e. The molecule has 32 valence electrons. The third kappa shape index (κ3) is 126. The van der Waals surface area contributed by atoms with Crippen molar-refractivity contribution in [3.05, 3.63) is 0 Å². The summed E-state index contributed by atoms with van der Waals surface area (Å²) in [5.74, 6) is 0. The van der Waals surface area contributed by atoms with Crippen molar-refractivity contribution in [2.75, 3.05) is 0 Å². The van der Waals surface area contributed by atoms with Gasteiger partial charge in [0.15, 0.2) is 0 Å². The molecule has 0 rings (SSSR count). The third-order valence-corrected chi connectivity index (χ3v) is 0. The Hall–Kier alpha value is 0.463. The molecule has 0 saturated carbocycles. The van der Waals surface area contributed by atoms with E-state index in [2.05, 4.69) is 0 Å². The minimum Gasteiger partial charge on any atom is -0.870 e. The van der Waals surface area contributed by atoms with Gasteiger partial charge >= 0.3 is 19.5 Å². The second kappa shape index (κ2) is 249. The van der Waals surface area contributed by atoms with Crippen molar-refractivity contribution < 1.29 is 35.9 Å². The van der Waals surface area contributed by atoms with Crippen LogP contribution in [0.25, 0.3) is 0 Å². The summed E-state index contributed by atoms with van der Waals surface area (Å²) in [6.45, 7) is 0. The quantitative estimate of drug-likeness (QED) is 0.426. The Morgan fingerprint density at radius 1 is 0.800 bits per heavy atom. The van der Waals surface area contributed by atoms with Crippen molar-refractivity contribution in [1.82, 2.24) is 6.15 Å². The Bertz CT molecular complexity index is 6.85. The van der Waals surface area contributed by atoms with Crippen molar-refractivity contribution >= 4 is 0 Å². The van der Waals surface area contributed by atoms with E-state index in [1.165, 1.54) is 0 Å². The van der Waals surface area contributed by atoms with Crippen molar-refractivity contribution in [2.24, 2.45) is 0 Å². The first-order valence-corrected chi connectivity index (χ1v) is 0. The van der Waals surface area contributed by atoms with Gasteiger partial charge < -0.3 is 22.6 Å². The monoisotopic (exact) mass is 133 g/mol. The van der Waals surface area contributed by atoms with Crippen molar-refractivity contribution in [2.45, 2.75) is 0 Å². The Kier molecular flexibility index (Phi) is 25300. The van der Waals surface area contributed by atoms with Crippen LogP contribution in [-0.4, -0.2) is 16.4 Å².